The minimum Gasteiger partial charge on any atom is -0.481 e. The van der Waals surface area contributed by atoms with E-state index in [9.17, 15) is 4.79 Å². The highest BCUT2D eigenvalue weighted by atomic mass is 16.5. The number of fused-ring (bicyclic) bond motifs is 1. The summed E-state index contributed by atoms with van der Waals surface area (Å²) in [6.45, 7) is 5.92. The van der Waals surface area contributed by atoms with Gasteiger partial charge in [0.15, 0.2) is 6.10 Å². The number of hydrogen-bond acceptors (Lipinski definition) is 2. The Morgan fingerprint density at radius 1 is 1.17 bits per heavy atom. The van der Waals surface area contributed by atoms with Crippen LogP contribution in [0.15, 0.2) is 42.5 Å². The Bertz CT molecular complexity index is 738. The van der Waals surface area contributed by atoms with Crippen molar-refractivity contribution in [1.82, 2.24) is 5.32 Å². The lowest BCUT2D eigenvalue weighted by Gasteiger charge is -2.27. The number of benzene rings is 2. The second kappa shape index (κ2) is 7.08. The molecule has 2 atom stereocenters. The van der Waals surface area contributed by atoms with Gasteiger partial charge < -0.3 is 10.1 Å². The zero-order valence-electron chi connectivity index (χ0n) is 14.6. The maximum absolute atomic E-state index is 12.5. The fraction of sp³-hybridized carbons (Fsp3) is 0.381. The second-order valence-electron chi connectivity index (χ2n) is 6.66. The quantitative estimate of drug-likeness (QED) is 0.913. The molecule has 0 heterocycles. The first kappa shape index (κ1) is 16.6. The number of nitrogens with one attached hydrogen (secondary N) is 1. The van der Waals surface area contributed by atoms with Gasteiger partial charge in [0.25, 0.3) is 5.91 Å². The van der Waals surface area contributed by atoms with Crippen molar-refractivity contribution >= 4 is 5.91 Å². The van der Waals surface area contributed by atoms with Crippen LogP contribution in [0.1, 0.15) is 48.1 Å². The number of amides is 1. The summed E-state index contributed by atoms with van der Waals surface area (Å²) in [6.07, 6.45) is 2.67. The average molecular weight is 323 g/mol. The smallest absolute Gasteiger partial charge is 0.261 e. The molecule has 0 unspecified atom stereocenters. The van der Waals surface area contributed by atoms with Crippen LogP contribution in [0.4, 0.5) is 0 Å². The van der Waals surface area contributed by atoms with E-state index in [1.54, 1.807) is 6.92 Å². The number of aryl methyl sites for hydroxylation is 3. The van der Waals surface area contributed by atoms with Crippen molar-refractivity contribution in [1.29, 1.82) is 0 Å². The van der Waals surface area contributed by atoms with Crippen LogP contribution in [0.5, 0.6) is 5.75 Å². The predicted molar refractivity (Wildman–Crippen MR) is 96.3 cm³/mol. The maximum atomic E-state index is 12.5. The van der Waals surface area contributed by atoms with Gasteiger partial charge in [0, 0.05) is 0 Å². The molecule has 3 nitrogen and oxygen atoms in total. The molecule has 1 amide bonds. The van der Waals surface area contributed by atoms with Crippen molar-refractivity contribution in [2.75, 3.05) is 0 Å². The van der Waals surface area contributed by atoms with Crippen LogP contribution < -0.4 is 10.1 Å². The standard InChI is InChI=1S/C21H25NO2/c1-14-11-12-18(13-15(14)2)24-16(3)21(23)22-20-10-6-8-17-7-4-5-9-19(17)20/h4-5,7,9,11-13,16,20H,6,8,10H2,1-3H3,(H,22,23)/t16-,20-/m0/s1. The van der Waals surface area contributed by atoms with Gasteiger partial charge in [0.05, 0.1) is 6.04 Å². The van der Waals surface area contributed by atoms with Crippen LogP contribution in [0.2, 0.25) is 0 Å². The molecule has 0 aliphatic heterocycles. The monoisotopic (exact) mass is 323 g/mol. The van der Waals surface area contributed by atoms with Crippen molar-refractivity contribution in [2.45, 2.75) is 52.2 Å². The van der Waals surface area contributed by atoms with E-state index < -0.39 is 6.10 Å². The molecule has 0 fully saturated rings. The molecule has 0 saturated carbocycles. The Labute approximate surface area is 144 Å². The fourth-order valence-electron chi connectivity index (χ4n) is 3.24. The first-order valence-corrected chi connectivity index (χ1v) is 8.66. The Kier molecular flexibility index (Phi) is 4.89. The van der Waals surface area contributed by atoms with Gasteiger partial charge in [-0.3, -0.25) is 4.79 Å². The summed E-state index contributed by atoms with van der Waals surface area (Å²) in [5.41, 5.74) is 4.98. The third-order valence-corrected chi connectivity index (χ3v) is 4.85. The molecule has 0 saturated heterocycles. The van der Waals surface area contributed by atoms with Gasteiger partial charge in [0.2, 0.25) is 0 Å². The highest BCUT2D eigenvalue weighted by Crippen LogP contribution is 2.29. The Morgan fingerprint density at radius 3 is 2.75 bits per heavy atom. The largest absolute Gasteiger partial charge is 0.481 e. The van der Waals surface area contributed by atoms with Crippen molar-refractivity contribution < 1.29 is 9.53 Å². The van der Waals surface area contributed by atoms with Crippen LogP contribution in [-0.2, 0) is 11.2 Å². The van der Waals surface area contributed by atoms with E-state index in [1.165, 1.54) is 22.3 Å². The second-order valence-corrected chi connectivity index (χ2v) is 6.66. The molecule has 2 aromatic rings. The molecule has 3 heteroatoms. The fourth-order valence-corrected chi connectivity index (χ4v) is 3.24. The topological polar surface area (TPSA) is 38.3 Å². The molecule has 1 aliphatic rings. The SMILES string of the molecule is Cc1ccc(O[C@@H](C)C(=O)N[C@H]2CCCc3ccccc32)cc1C. The van der Waals surface area contributed by atoms with Crippen molar-refractivity contribution in [3.63, 3.8) is 0 Å². The Balaban J connectivity index is 1.65. The maximum Gasteiger partial charge on any atom is 0.261 e. The average Bonchev–Trinajstić information content (AvgIpc) is 2.58. The zero-order chi connectivity index (χ0) is 17.1. The molecule has 1 N–H and O–H groups in total. The number of hydrogen-bond donors (Lipinski definition) is 1. The summed E-state index contributed by atoms with van der Waals surface area (Å²) < 4.78 is 5.83. The lowest BCUT2D eigenvalue weighted by Crippen LogP contribution is -2.39. The summed E-state index contributed by atoms with van der Waals surface area (Å²) in [5, 5.41) is 3.16. The van der Waals surface area contributed by atoms with Gasteiger partial charge in [-0.05, 0) is 74.4 Å². The van der Waals surface area contributed by atoms with Crippen molar-refractivity contribution in [3.8, 4) is 5.75 Å². The van der Waals surface area contributed by atoms with E-state index in [2.05, 4.69) is 30.4 Å². The summed E-state index contributed by atoms with van der Waals surface area (Å²) in [6, 6.07) is 14.4. The minimum absolute atomic E-state index is 0.0602. The zero-order valence-corrected chi connectivity index (χ0v) is 14.6. The van der Waals surface area contributed by atoms with E-state index in [-0.39, 0.29) is 11.9 Å². The van der Waals surface area contributed by atoms with E-state index >= 15 is 0 Å². The lowest BCUT2D eigenvalue weighted by atomic mass is 9.87. The van der Waals surface area contributed by atoms with Gasteiger partial charge in [-0.15, -0.1) is 0 Å². The molecule has 1 aliphatic carbocycles. The van der Waals surface area contributed by atoms with Crippen LogP contribution in [0.3, 0.4) is 0 Å². The molecular weight excluding hydrogens is 298 g/mol. The highest BCUT2D eigenvalue weighted by molar-refractivity contribution is 5.81. The van der Waals surface area contributed by atoms with Gasteiger partial charge in [-0.1, -0.05) is 30.3 Å². The first-order chi connectivity index (χ1) is 11.5. The summed E-state index contributed by atoms with van der Waals surface area (Å²) >= 11 is 0. The Hall–Kier alpha value is -2.29. The molecule has 3 rings (SSSR count). The van der Waals surface area contributed by atoms with Crippen LogP contribution in [0, 0.1) is 13.8 Å². The van der Waals surface area contributed by atoms with Gasteiger partial charge >= 0.3 is 0 Å². The van der Waals surface area contributed by atoms with Crippen LogP contribution >= 0.6 is 0 Å². The summed E-state index contributed by atoms with van der Waals surface area (Å²) in [5.74, 6) is 0.680. The molecular formula is C21H25NO2. The molecule has 126 valence electrons. The third kappa shape index (κ3) is 3.61. The van der Waals surface area contributed by atoms with E-state index in [0.29, 0.717) is 0 Å². The first-order valence-electron chi connectivity index (χ1n) is 8.66. The van der Waals surface area contributed by atoms with E-state index in [1.807, 2.05) is 31.2 Å². The van der Waals surface area contributed by atoms with Gasteiger partial charge in [0.1, 0.15) is 5.75 Å². The number of rotatable bonds is 4. The number of carbonyl (C=O) groups is 1. The molecule has 24 heavy (non-hydrogen) atoms. The molecule has 0 aromatic heterocycles. The van der Waals surface area contributed by atoms with E-state index in [4.69, 9.17) is 4.74 Å². The van der Waals surface area contributed by atoms with Crippen molar-refractivity contribution in [3.05, 3.63) is 64.7 Å². The minimum atomic E-state index is -0.513. The Morgan fingerprint density at radius 2 is 1.96 bits per heavy atom. The summed E-state index contributed by atoms with van der Waals surface area (Å²) in [7, 11) is 0. The van der Waals surface area contributed by atoms with Gasteiger partial charge in [-0.2, -0.15) is 0 Å². The lowest BCUT2D eigenvalue weighted by molar-refractivity contribution is -0.128. The molecule has 0 radical (unpaired) electrons. The summed E-state index contributed by atoms with van der Waals surface area (Å²) in [4.78, 5) is 12.5. The molecule has 2 aromatic carbocycles. The number of carbonyl (C=O) groups excluding carboxylic acids is 1. The normalized spacial score (nSPS) is 17.7. The third-order valence-electron chi connectivity index (χ3n) is 4.85. The number of ether oxygens (including phenoxy) is 1. The van der Waals surface area contributed by atoms with E-state index in [0.717, 1.165) is 25.0 Å². The highest BCUT2D eigenvalue weighted by Gasteiger charge is 2.24. The van der Waals surface area contributed by atoms with Crippen LogP contribution in [0.25, 0.3) is 0 Å². The van der Waals surface area contributed by atoms with Gasteiger partial charge in [-0.25, -0.2) is 0 Å². The molecule has 0 spiro atoms. The molecule has 0 bridgehead atoms. The van der Waals surface area contributed by atoms with Crippen molar-refractivity contribution in [2.24, 2.45) is 0 Å². The predicted octanol–water partition coefficient (Wildman–Crippen LogP) is 4.26. The van der Waals surface area contributed by atoms with Crippen LogP contribution in [-0.4, -0.2) is 12.0 Å².